The molecular weight excluding hydrogens is 370 g/mol. The first kappa shape index (κ1) is 21.5. The predicted octanol–water partition coefficient (Wildman–Crippen LogP) is 1.28. The topological polar surface area (TPSA) is 135 Å². The smallest absolute Gasteiger partial charge is 0.414 e. The Kier molecular flexibility index (Phi) is 8.29. The third-order valence-electron chi connectivity index (χ3n) is 2.63. The number of anilines is 1. The van der Waals surface area contributed by atoms with Crippen LogP contribution in [-0.2, 0) is 19.1 Å². The molecule has 0 unspecified atom stereocenters. The van der Waals surface area contributed by atoms with Crippen molar-refractivity contribution in [2.45, 2.75) is 13.8 Å². The molecule has 0 atom stereocenters. The first-order valence-electron chi connectivity index (χ1n) is 7.53. The third-order valence-corrected chi connectivity index (χ3v) is 2.63. The molecule has 0 heterocycles. The Balaban J connectivity index is 3.04. The number of carbonyl (C=O) groups excluding carboxylic acids is 4. The van der Waals surface area contributed by atoms with Crippen LogP contribution < -0.4 is 16.1 Å². The summed E-state index contributed by atoms with van der Waals surface area (Å²) in [6.45, 7) is 2.84. The Bertz CT molecular complexity index is 735. The third kappa shape index (κ3) is 7.05. The maximum absolute atomic E-state index is 13.6. The normalized spacial score (nSPS) is 9.63. The van der Waals surface area contributed by atoms with E-state index < -0.39 is 41.3 Å². The maximum Gasteiger partial charge on any atom is 0.414 e. The molecule has 0 spiro atoms. The summed E-state index contributed by atoms with van der Waals surface area (Å²) in [6.07, 6.45) is -2.35. The molecule has 1 aromatic carbocycles. The minimum absolute atomic E-state index is 0.0559. The molecule has 4 amide bonds. The fourth-order valence-electron chi connectivity index (χ4n) is 1.54. The predicted molar refractivity (Wildman–Crippen MR) is 87.7 cm³/mol. The molecule has 0 aromatic heterocycles. The van der Waals surface area contributed by atoms with E-state index >= 15 is 0 Å². The number of hydrogen-bond donors (Lipinski definition) is 3. The quantitative estimate of drug-likeness (QED) is 0.381. The number of hydrogen-bond acceptors (Lipinski definition) is 8. The lowest BCUT2D eigenvalue weighted by atomic mass is 10.3. The number of ether oxygens (including phenoxy) is 2. The second-order valence-electron chi connectivity index (χ2n) is 4.55. The standard InChI is InChI=1S/C15H16F2N4O6/c1-3-26-14(24)18-12(22)11(13(23)19-15(25)27-4-2)21-20-10-6-5-8(16)7-9(10)17/h5-7,20H,3-4H2,1-2H3,(H,18,22,24)(H,19,23,25). The summed E-state index contributed by atoms with van der Waals surface area (Å²) < 4.78 is 35.5. The van der Waals surface area contributed by atoms with Crippen LogP contribution in [0.25, 0.3) is 0 Å². The molecule has 0 radical (unpaired) electrons. The van der Waals surface area contributed by atoms with E-state index in [4.69, 9.17) is 0 Å². The van der Waals surface area contributed by atoms with Gasteiger partial charge in [0.2, 0.25) is 5.71 Å². The van der Waals surface area contributed by atoms with Crippen LogP contribution in [-0.4, -0.2) is 42.9 Å². The second kappa shape index (κ2) is 10.4. The van der Waals surface area contributed by atoms with Gasteiger partial charge in [-0.15, -0.1) is 0 Å². The van der Waals surface area contributed by atoms with Crippen LogP contribution in [0.15, 0.2) is 23.3 Å². The van der Waals surface area contributed by atoms with Crippen molar-refractivity contribution in [2.75, 3.05) is 18.6 Å². The van der Waals surface area contributed by atoms with Crippen molar-refractivity contribution in [1.82, 2.24) is 10.6 Å². The molecule has 0 saturated heterocycles. The lowest BCUT2D eigenvalue weighted by Gasteiger charge is -2.09. The van der Waals surface area contributed by atoms with Gasteiger partial charge in [0.15, 0.2) is 5.82 Å². The van der Waals surface area contributed by atoms with Gasteiger partial charge in [0.25, 0.3) is 11.8 Å². The largest absolute Gasteiger partial charge is 0.450 e. The highest BCUT2D eigenvalue weighted by Gasteiger charge is 2.25. The lowest BCUT2D eigenvalue weighted by molar-refractivity contribution is -0.118. The molecule has 0 aliphatic carbocycles. The van der Waals surface area contributed by atoms with Gasteiger partial charge in [-0.05, 0) is 26.0 Å². The van der Waals surface area contributed by atoms with Crippen LogP contribution in [0.1, 0.15) is 13.8 Å². The number of alkyl carbamates (subject to hydrolysis) is 2. The molecule has 0 aliphatic rings. The maximum atomic E-state index is 13.6. The van der Waals surface area contributed by atoms with Crippen molar-refractivity contribution in [1.29, 1.82) is 0 Å². The zero-order valence-electron chi connectivity index (χ0n) is 14.3. The van der Waals surface area contributed by atoms with Crippen LogP contribution in [0, 0.1) is 11.6 Å². The highest BCUT2D eigenvalue weighted by Crippen LogP contribution is 2.14. The molecule has 0 fully saturated rings. The molecule has 27 heavy (non-hydrogen) atoms. The van der Waals surface area contributed by atoms with Gasteiger partial charge in [-0.2, -0.15) is 5.10 Å². The summed E-state index contributed by atoms with van der Waals surface area (Å²) in [6, 6.07) is 2.39. The fraction of sp³-hybridized carbons (Fsp3) is 0.267. The zero-order valence-corrected chi connectivity index (χ0v) is 14.3. The number of halogens is 2. The number of nitrogens with zero attached hydrogens (tertiary/aromatic N) is 1. The van der Waals surface area contributed by atoms with Crippen LogP contribution in [0.4, 0.5) is 24.1 Å². The molecule has 3 N–H and O–H groups in total. The molecule has 12 heteroatoms. The number of carbonyl (C=O) groups is 4. The molecule has 0 saturated carbocycles. The number of hydrazone groups is 1. The van der Waals surface area contributed by atoms with Crippen molar-refractivity contribution >= 4 is 35.4 Å². The highest BCUT2D eigenvalue weighted by molar-refractivity contribution is 6.66. The first-order valence-corrected chi connectivity index (χ1v) is 7.53. The summed E-state index contributed by atoms with van der Waals surface area (Å²) in [5.41, 5.74) is 0.646. The highest BCUT2D eigenvalue weighted by atomic mass is 19.1. The number of benzene rings is 1. The van der Waals surface area contributed by atoms with E-state index in [0.717, 1.165) is 12.1 Å². The minimum Gasteiger partial charge on any atom is -0.450 e. The van der Waals surface area contributed by atoms with E-state index in [-0.39, 0.29) is 18.9 Å². The van der Waals surface area contributed by atoms with Gasteiger partial charge in [-0.25, -0.2) is 18.4 Å². The van der Waals surface area contributed by atoms with Crippen LogP contribution in [0.2, 0.25) is 0 Å². The summed E-state index contributed by atoms with van der Waals surface area (Å²) >= 11 is 0. The minimum atomic E-state index is -1.34. The first-order chi connectivity index (χ1) is 12.8. The Morgan fingerprint density at radius 2 is 1.48 bits per heavy atom. The number of imide groups is 2. The molecule has 146 valence electrons. The molecule has 0 aliphatic heterocycles. The van der Waals surface area contributed by atoms with E-state index in [9.17, 15) is 28.0 Å². The van der Waals surface area contributed by atoms with Crippen LogP contribution >= 0.6 is 0 Å². The Labute approximate surface area is 151 Å². The van der Waals surface area contributed by atoms with Crippen molar-refractivity contribution in [3.63, 3.8) is 0 Å². The average Bonchev–Trinajstić information content (AvgIpc) is 2.57. The zero-order chi connectivity index (χ0) is 20.4. The Morgan fingerprint density at radius 1 is 0.963 bits per heavy atom. The summed E-state index contributed by atoms with van der Waals surface area (Å²) in [5.74, 6) is -4.60. The monoisotopic (exact) mass is 386 g/mol. The van der Waals surface area contributed by atoms with Gasteiger partial charge in [-0.3, -0.25) is 25.6 Å². The number of rotatable bonds is 6. The summed E-state index contributed by atoms with van der Waals surface area (Å²) in [5, 5.41) is 6.75. The van der Waals surface area contributed by atoms with E-state index in [0.29, 0.717) is 6.07 Å². The molecular formula is C15H16F2N4O6. The van der Waals surface area contributed by atoms with E-state index in [1.807, 2.05) is 5.43 Å². The van der Waals surface area contributed by atoms with Gasteiger partial charge in [0.05, 0.1) is 18.9 Å². The van der Waals surface area contributed by atoms with Gasteiger partial charge < -0.3 is 9.47 Å². The fourth-order valence-corrected chi connectivity index (χ4v) is 1.54. The molecule has 1 rings (SSSR count). The van der Waals surface area contributed by atoms with Gasteiger partial charge >= 0.3 is 12.2 Å². The molecule has 0 bridgehead atoms. The van der Waals surface area contributed by atoms with Crippen LogP contribution in [0.3, 0.4) is 0 Å². The van der Waals surface area contributed by atoms with E-state index in [2.05, 4.69) is 14.6 Å². The van der Waals surface area contributed by atoms with Crippen molar-refractivity contribution in [3.8, 4) is 0 Å². The number of amides is 4. The Hall–Kier alpha value is -3.57. The second-order valence-corrected chi connectivity index (χ2v) is 4.55. The SMILES string of the molecule is CCOC(=O)NC(=O)C(=NNc1ccc(F)cc1F)C(=O)NC(=O)OCC. The van der Waals surface area contributed by atoms with Crippen molar-refractivity contribution in [2.24, 2.45) is 5.10 Å². The molecule has 10 nitrogen and oxygen atoms in total. The van der Waals surface area contributed by atoms with Crippen LogP contribution in [0.5, 0.6) is 0 Å². The summed E-state index contributed by atoms with van der Waals surface area (Å²) in [7, 11) is 0. The van der Waals surface area contributed by atoms with E-state index in [1.54, 1.807) is 10.6 Å². The summed E-state index contributed by atoms with van der Waals surface area (Å²) in [4.78, 5) is 46.7. The van der Waals surface area contributed by atoms with E-state index in [1.165, 1.54) is 13.8 Å². The van der Waals surface area contributed by atoms with Gasteiger partial charge in [0, 0.05) is 6.07 Å². The van der Waals surface area contributed by atoms with Gasteiger partial charge in [0.1, 0.15) is 5.82 Å². The van der Waals surface area contributed by atoms with Crippen molar-refractivity contribution < 1.29 is 37.4 Å². The Morgan fingerprint density at radius 3 is 1.93 bits per heavy atom. The molecule has 1 aromatic rings. The average molecular weight is 386 g/mol. The van der Waals surface area contributed by atoms with Gasteiger partial charge in [-0.1, -0.05) is 0 Å². The lowest BCUT2D eigenvalue weighted by Crippen LogP contribution is -2.46. The van der Waals surface area contributed by atoms with Crippen molar-refractivity contribution in [3.05, 3.63) is 29.8 Å². The number of nitrogens with one attached hydrogen (secondary N) is 3.